The third-order valence-electron chi connectivity index (χ3n) is 1.73. The van der Waals surface area contributed by atoms with Gasteiger partial charge in [-0.25, -0.2) is 0 Å². The van der Waals surface area contributed by atoms with Gasteiger partial charge in [0, 0.05) is 13.0 Å². The Labute approximate surface area is 93.5 Å². The van der Waals surface area contributed by atoms with Crippen LogP contribution in [0.25, 0.3) is 0 Å². The fourth-order valence-corrected chi connectivity index (χ4v) is 1.20. The van der Waals surface area contributed by atoms with E-state index in [4.69, 9.17) is 5.11 Å². The van der Waals surface area contributed by atoms with Gasteiger partial charge in [0.1, 0.15) is 0 Å². The van der Waals surface area contributed by atoms with Crippen molar-refractivity contribution in [2.45, 2.75) is 33.1 Å². The summed E-state index contributed by atoms with van der Waals surface area (Å²) in [6.07, 6.45) is 1.35. The molecule has 0 aliphatic carbocycles. The van der Waals surface area contributed by atoms with E-state index in [-0.39, 0.29) is 18.9 Å². The first kappa shape index (κ1) is 14.2. The Hall–Kier alpha value is -0.750. The summed E-state index contributed by atoms with van der Waals surface area (Å²) in [5, 5.41) is 8.55. The van der Waals surface area contributed by atoms with E-state index in [2.05, 4.69) is 8.37 Å². The van der Waals surface area contributed by atoms with E-state index >= 15 is 0 Å². The van der Waals surface area contributed by atoms with E-state index in [0.717, 1.165) is 0 Å². The van der Waals surface area contributed by atoms with E-state index in [0.29, 0.717) is 25.2 Å². The maximum absolute atomic E-state index is 11.2. The van der Waals surface area contributed by atoms with Crippen LogP contribution in [0, 0.1) is 5.92 Å². The fraction of sp³-hybridized carbons (Fsp3) is 0.778. The molecule has 1 N–H and O–H groups in total. The van der Waals surface area contributed by atoms with Gasteiger partial charge in [-0.3, -0.25) is 9.59 Å². The van der Waals surface area contributed by atoms with Crippen LogP contribution >= 0.6 is 12.3 Å². The molecule has 0 aliphatic rings. The molecule has 0 spiro atoms. The smallest absolute Gasteiger partial charge is 0.323 e. The molecular weight excluding hydrogens is 220 g/mol. The SMILES string of the molecule is CCC(=O)OSOC(=O)C(C)CCCO. The molecule has 6 heteroatoms. The van der Waals surface area contributed by atoms with Crippen molar-refractivity contribution in [1.82, 2.24) is 0 Å². The largest absolute Gasteiger partial charge is 0.396 e. The van der Waals surface area contributed by atoms with Gasteiger partial charge in [0.2, 0.25) is 0 Å². The Morgan fingerprint density at radius 3 is 2.60 bits per heavy atom. The van der Waals surface area contributed by atoms with Gasteiger partial charge in [-0.15, -0.1) is 0 Å². The van der Waals surface area contributed by atoms with Gasteiger partial charge in [0.25, 0.3) is 12.3 Å². The standard InChI is InChI=1S/C9H16O5S/c1-3-8(11)13-15-14-9(12)7(2)5-4-6-10/h7,10H,3-6H2,1-2H3. The molecule has 0 heterocycles. The molecule has 0 aliphatic heterocycles. The molecule has 0 aromatic rings. The lowest BCUT2D eigenvalue weighted by Crippen LogP contribution is -2.12. The average molecular weight is 236 g/mol. The van der Waals surface area contributed by atoms with Crippen LogP contribution in [0.2, 0.25) is 0 Å². The highest BCUT2D eigenvalue weighted by Crippen LogP contribution is 2.14. The second kappa shape index (κ2) is 8.55. The lowest BCUT2D eigenvalue weighted by Gasteiger charge is -2.07. The maximum atomic E-state index is 11.2. The van der Waals surface area contributed by atoms with Crippen molar-refractivity contribution in [3.8, 4) is 0 Å². The normalized spacial score (nSPS) is 11.9. The highest BCUT2D eigenvalue weighted by Gasteiger charge is 2.15. The summed E-state index contributed by atoms with van der Waals surface area (Å²) in [5.74, 6) is -1.18. The third kappa shape index (κ3) is 7.21. The molecular formula is C9H16O5S. The van der Waals surface area contributed by atoms with E-state index in [1.807, 2.05) is 0 Å². The lowest BCUT2D eigenvalue weighted by molar-refractivity contribution is -0.138. The highest BCUT2D eigenvalue weighted by molar-refractivity contribution is 7.90. The molecule has 15 heavy (non-hydrogen) atoms. The number of hydrogen-bond acceptors (Lipinski definition) is 6. The summed E-state index contributed by atoms with van der Waals surface area (Å²) < 4.78 is 9.13. The quantitative estimate of drug-likeness (QED) is 0.674. The van der Waals surface area contributed by atoms with Gasteiger partial charge >= 0.3 is 11.9 Å². The number of aliphatic hydroxyl groups is 1. The molecule has 0 bridgehead atoms. The average Bonchev–Trinajstić information content (AvgIpc) is 2.25. The number of hydrogen-bond donors (Lipinski definition) is 1. The molecule has 5 nitrogen and oxygen atoms in total. The molecule has 1 unspecified atom stereocenters. The van der Waals surface area contributed by atoms with Gasteiger partial charge in [0.15, 0.2) is 0 Å². The molecule has 88 valence electrons. The van der Waals surface area contributed by atoms with E-state index in [1.54, 1.807) is 13.8 Å². The zero-order valence-corrected chi connectivity index (χ0v) is 9.71. The van der Waals surface area contributed by atoms with Crippen LogP contribution in [0.15, 0.2) is 0 Å². The first-order valence-electron chi connectivity index (χ1n) is 4.80. The molecule has 0 rings (SSSR count). The monoisotopic (exact) mass is 236 g/mol. The Kier molecular flexibility index (Phi) is 8.12. The fourth-order valence-electron chi connectivity index (χ4n) is 0.745. The van der Waals surface area contributed by atoms with Crippen LogP contribution in [0.4, 0.5) is 0 Å². The van der Waals surface area contributed by atoms with Gasteiger partial charge in [-0.2, -0.15) is 0 Å². The van der Waals surface area contributed by atoms with E-state index < -0.39 is 11.9 Å². The van der Waals surface area contributed by atoms with Gasteiger partial charge in [-0.1, -0.05) is 13.8 Å². The molecule has 0 aromatic heterocycles. The van der Waals surface area contributed by atoms with Gasteiger partial charge in [0.05, 0.1) is 5.92 Å². The summed E-state index contributed by atoms with van der Waals surface area (Å²) in [4.78, 5) is 21.9. The Morgan fingerprint density at radius 2 is 2.07 bits per heavy atom. The molecule has 0 saturated heterocycles. The topological polar surface area (TPSA) is 72.8 Å². The Balaban J connectivity index is 3.59. The summed E-state index contributed by atoms with van der Waals surface area (Å²) in [5.41, 5.74) is 0. The Bertz CT molecular complexity index is 207. The minimum Gasteiger partial charge on any atom is -0.396 e. The number of carbonyl (C=O) groups excluding carboxylic acids is 2. The molecule has 0 aromatic carbocycles. The van der Waals surface area contributed by atoms with E-state index in [1.165, 1.54) is 0 Å². The summed E-state index contributed by atoms with van der Waals surface area (Å²) in [7, 11) is 0. The van der Waals surface area contributed by atoms with Crippen LogP contribution in [0.3, 0.4) is 0 Å². The first-order valence-corrected chi connectivity index (χ1v) is 5.47. The van der Waals surface area contributed by atoms with Gasteiger partial charge in [-0.05, 0) is 12.8 Å². The van der Waals surface area contributed by atoms with Gasteiger partial charge < -0.3 is 13.5 Å². The number of carbonyl (C=O) groups is 2. The van der Waals surface area contributed by atoms with Crippen molar-refractivity contribution in [1.29, 1.82) is 0 Å². The second-order valence-electron chi connectivity index (χ2n) is 3.05. The minimum absolute atomic E-state index is 0.0512. The highest BCUT2D eigenvalue weighted by atomic mass is 32.2. The summed E-state index contributed by atoms with van der Waals surface area (Å²) in [6, 6.07) is 0. The molecule has 0 fully saturated rings. The van der Waals surface area contributed by atoms with Crippen LogP contribution < -0.4 is 0 Å². The van der Waals surface area contributed by atoms with Crippen molar-refractivity contribution in [2.75, 3.05) is 6.61 Å². The van der Waals surface area contributed by atoms with Crippen LogP contribution in [0.1, 0.15) is 33.1 Å². The zero-order valence-electron chi connectivity index (χ0n) is 8.89. The van der Waals surface area contributed by atoms with Crippen LogP contribution in [-0.4, -0.2) is 23.7 Å². The summed E-state index contributed by atoms with van der Waals surface area (Å²) >= 11 is 0.394. The lowest BCUT2D eigenvalue weighted by atomic mass is 10.1. The predicted molar refractivity (Wildman–Crippen MR) is 55.5 cm³/mol. The molecule has 0 saturated carbocycles. The van der Waals surface area contributed by atoms with Crippen molar-refractivity contribution in [3.63, 3.8) is 0 Å². The Morgan fingerprint density at radius 1 is 1.40 bits per heavy atom. The zero-order chi connectivity index (χ0) is 11.7. The number of rotatable bonds is 7. The second-order valence-corrected chi connectivity index (χ2v) is 3.52. The van der Waals surface area contributed by atoms with Crippen LogP contribution in [0.5, 0.6) is 0 Å². The van der Waals surface area contributed by atoms with Crippen molar-refractivity contribution >= 4 is 24.3 Å². The summed E-state index contributed by atoms with van der Waals surface area (Å²) in [6.45, 7) is 3.39. The predicted octanol–water partition coefficient (Wildman–Crippen LogP) is 1.45. The molecule has 1 atom stereocenters. The molecule has 0 amide bonds. The van der Waals surface area contributed by atoms with Crippen molar-refractivity contribution in [3.05, 3.63) is 0 Å². The molecule has 0 radical (unpaired) electrons. The van der Waals surface area contributed by atoms with Crippen molar-refractivity contribution < 1.29 is 23.1 Å². The first-order chi connectivity index (χ1) is 7.11. The minimum atomic E-state index is -0.447. The van der Waals surface area contributed by atoms with Crippen LogP contribution in [-0.2, 0) is 18.0 Å². The number of aliphatic hydroxyl groups excluding tert-OH is 1. The third-order valence-corrected chi connectivity index (χ3v) is 2.22. The van der Waals surface area contributed by atoms with Crippen molar-refractivity contribution in [2.24, 2.45) is 5.92 Å². The van der Waals surface area contributed by atoms with E-state index in [9.17, 15) is 9.59 Å². The maximum Gasteiger partial charge on any atom is 0.323 e.